The van der Waals surface area contributed by atoms with Crippen LogP contribution in [0.15, 0.2) is 22.7 Å². The van der Waals surface area contributed by atoms with Gasteiger partial charge in [-0.25, -0.2) is 0 Å². The molecule has 0 aliphatic heterocycles. The van der Waals surface area contributed by atoms with Crippen molar-refractivity contribution < 1.29 is 0 Å². The topological polar surface area (TPSA) is 12.9 Å². The Morgan fingerprint density at radius 3 is 3.00 bits per heavy atom. The van der Waals surface area contributed by atoms with E-state index in [1.54, 1.807) is 0 Å². The summed E-state index contributed by atoms with van der Waals surface area (Å²) in [5.74, 6) is 0.803. The number of thiol groups is 1. The van der Waals surface area contributed by atoms with E-state index in [-0.39, 0.29) is 0 Å². The molecule has 0 unspecified atom stereocenters. The molecule has 1 heterocycles. The van der Waals surface area contributed by atoms with Gasteiger partial charge in [-0.05, 0) is 48.6 Å². The highest BCUT2D eigenvalue weighted by Crippen LogP contribution is 2.32. The number of hydrogen-bond donors (Lipinski definition) is 1. The van der Waals surface area contributed by atoms with Gasteiger partial charge >= 0.3 is 0 Å². The molecule has 0 amide bonds. The molecule has 0 saturated carbocycles. The molecular weight excluding hydrogens is 282 g/mol. The van der Waals surface area contributed by atoms with Gasteiger partial charge in [0.05, 0.1) is 5.52 Å². The van der Waals surface area contributed by atoms with Crippen LogP contribution in [-0.2, 0) is 18.6 Å². The van der Waals surface area contributed by atoms with Gasteiger partial charge in [0.15, 0.2) is 0 Å². The van der Waals surface area contributed by atoms with Crippen LogP contribution in [0.1, 0.15) is 23.2 Å². The highest BCUT2D eigenvalue weighted by atomic mass is 79.9. The Labute approximate surface area is 109 Å². The lowest BCUT2D eigenvalue weighted by Crippen LogP contribution is -1.96. The van der Waals surface area contributed by atoms with Crippen molar-refractivity contribution in [2.75, 3.05) is 0 Å². The predicted octanol–water partition coefficient (Wildman–Crippen LogP) is 3.92. The molecular formula is C13H12BrNS. The fourth-order valence-electron chi connectivity index (χ4n) is 2.51. The number of benzene rings is 1. The Balaban J connectivity index is 2.40. The average molecular weight is 294 g/mol. The molecule has 0 saturated heterocycles. The molecule has 1 aromatic heterocycles. The van der Waals surface area contributed by atoms with Crippen LogP contribution in [0.3, 0.4) is 0 Å². The standard InChI is InChI=1S/C13H12BrNS/c14-8-4-5-13-10(6-8)11(7-16)9-2-1-3-12(9)15-13/h4-6,16H,1-3,7H2. The molecule has 3 heteroatoms. The Morgan fingerprint density at radius 1 is 1.31 bits per heavy atom. The molecule has 0 atom stereocenters. The predicted molar refractivity (Wildman–Crippen MR) is 74.2 cm³/mol. The van der Waals surface area contributed by atoms with Gasteiger partial charge in [0.1, 0.15) is 0 Å². The third-order valence-corrected chi connectivity index (χ3v) is 4.06. The van der Waals surface area contributed by atoms with Gasteiger partial charge in [-0.3, -0.25) is 4.98 Å². The largest absolute Gasteiger partial charge is 0.253 e. The van der Waals surface area contributed by atoms with E-state index < -0.39 is 0 Å². The summed E-state index contributed by atoms with van der Waals surface area (Å²) in [6.45, 7) is 0. The summed E-state index contributed by atoms with van der Waals surface area (Å²) in [6.07, 6.45) is 3.53. The van der Waals surface area contributed by atoms with Gasteiger partial charge < -0.3 is 0 Å². The normalized spacial score (nSPS) is 14.4. The van der Waals surface area contributed by atoms with Crippen molar-refractivity contribution in [3.8, 4) is 0 Å². The molecule has 82 valence electrons. The Hall–Kier alpha value is -0.540. The molecule has 0 spiro atoms. The molecule has 0 bridgehead atoms. The second-order valence-corrected chi connectivity index (χ2v) is 5.42. The SMILES string of the molecule is SCc1c2c(nc3ccc(Br)cc13)CCC2. The molecule has 16 heavy (non-hydrogen) atoms. The van der Waals surface area contributed by atoms with Crippen molar-refractivity contribution >= 4 is 39.5 Å². The molecule has 2 aromatic rings. The number of fused-ring (bicyclic) bond motifs is 2. The van der Waals surface area contributed by atoms with E-state index in [1.165, 1.54) is 35.0 Å². The van der Waals surface area contributed by atoms with Crippen LogP contribution in [-0.4, -0.2) is 4.98 Å². The molecule has 0 fully saturated rings. The second kappa shape index (κ2) is 4.04. The van der Waals surface area contributed by atoms with E-state index in [9.17, 15) is 0 Å². The van der Waals surface area contributed by atoms with E-state index in [4.69, 9.17) is 4.98 Å². The molecule has 0 radical (unpaired) electrons. The fraction of sp³-hybridized carbons (Fsp3) is 0.308. The third kappa shape index (κ3) is 1.57. The first-order valence-electron chi connectivity index (χ1n) is 5.50. The van der Waals surface area contributed by atoms with E-state index in [1.807, 2.05) is 0 Å². The molecule has 1 nitrogen and oxygen atoms in total. The van der Waals surface area contributed by atoms with Gasteiger partial charge in [0.25, 0.3) is 0 Å². The summed E-state index contributed by atoms with van der Waals surface area (Å²) in [5, 5.41) is 1.25. The minimum absolute atomic E-state index is 0.803. The van der Waals surface area contributed by atoms with Crippen LogP contribution in [0.2, 0.25) is 0 Å². The third-order valence-electron chi connectivity index (χ3n) is 3.25. The number of halogens is 1. The van der Waals surface area contributed by atoms with E-state index >= 15 is 0 Å². The maximum Gasteiger partial charge on any atom is 0.0709 e. The summed E-state index contributed by atoms with van der Waals surface area (Å²) >= 11 is 8.00. The summed E-state index contributed by atoms with van der Waals surface area (Å²) in [5.41, 5.74) is 5.22. The van der Waals surface area contributed by atoms with Crippen LogP contribution in [0, 0.1) is 0 Å². The van der Waals surface area contributed by atoms with Crippen LogP contribution in [0.4, 0.5) is 0 Å². The quantitative estimate of drug-likeness (QED) is 0.787. The Bertz CT molecular complexity index is 565. The van der Waals surface area contributed by atoms with Crippen molar-refractivity contribution in [3.63, 3.8) is 0 Å². The fourth-order valence-corrected chi connectivity index (χ4v) is 3.23. The number of pyridine rings is 1. The molecule has 1 aliphatic carbocycles. The lowest BCUT2D eigenvalue weighted by atomic mass is 10.0. The zero-order valence-corrected chi connectivity index (χ0v) is 11.3. The first kappa shape index (κ1) is 10.6. The summed E-state index contributed by atoms with van der Waals surface area (Å²) in [4.78, 5) is 4.75. The molecule has 3 rings (SSSR count). The van der Waals surface area contributed by atoms with Crippen LogP contribution in [0.5, 0.6) is 0 Å². The van der Waals surface area contributed by atoms with Crippen LogP contribution in [0.25, 0.3) is 10.9 Å². The number of aryl methyl sites for hydroxylation is 1. The van der Waals surface area contributed by atoms with Gasteiger partial charge in [0.2, 0.25) is 0 Å². The summed E-state index contributed by atoms with van der Waals surface area (Å²) in [6, 6.07) is 6.30. The number of nitrogens with zero attached hydrogens (tertiary/aromatic N) is 1. The highest BCUT2D eigenvalue weighted by Gasteiger charge is 2.18. The van der Waals surface area contributed by atoms with Crippen molar-refractivity contribution in [1.29, 1.82) is 0 Å². The Morgan fingerprint density at radius 2 is 2.19 bits per heavy atom. The van der Waals surface area contributed by atoms with E-state index in [0.717, 1.165) is 22.2 Å². The maximum atomic E-state index is 4.75. The van der Waals surface area contributed by atoms with Crippen molar-refractivity contribution in [1.82, 2.24) is 4.98 Å². The Kier molecular flexibility index (Phi) is 2.68. The zero-order chi connectivity index (χ0) is 11.1. The van der Waals surface area contributed by atoms with Crippen LogP contribution < -0.4 is 0 Å². The smallest absolute Gasteiger partial charge is 0.0709 e. The van der Waals surface area contributed by atoms with E-state index in [2.05, 4.69) is 46.8 Å². The lowest BCUT2D eigenvalue weighted by Gasteiger charge is -2.10. The van der Waals surface area contributed by atoms with Crippen molar-refractivity contribution in [2.24, 2.45) is 0 Å². The molecule has 1 aliphatic rings. The average Bonchev–Trinajstić information content (AvgIpc) is 2.73. The number of hydrogen-bond acceptors (Lipinski definition) is 2. The first-order chi connectivity index (χ1) is 7.79. The summed E-state index contributed by atoms with van der Waals surface area (Å²) in [7, 11) is 0. The number of aromatic nitrogens is 1. The zero-order valence-electron chi connectivity index (χ0n) is 8.83. The minimum Gasteiger partial charge on any atom is -0.253 e. The second-order valence-electron chi connectivity index (χ2n) is 4.19. The van der Waals surface area contributed by atoms with Gasteiger partial charge in [0, 0.05) is 21.3 Å². The number of rotatable bonds is 1. The van der Waals surface area contributed by atoms with Gasteiger partial charge in [-0.2, -0.15) is 12.6 Å². The first-order valence-corrected chi connectivity index (χ1v) is 6.93. The molecule has 0 N–H and O–H groups in total. The maximum absolute atomic E-state index is 4.75. The van der Waals surface area contributed by atoms with Crippen molar-refractivity contribution in [3.05, 3.63) is 39.5 Å². The van der Waals surface area contributed by atoms with Gasteiger partial charge in [-0.1, -0.05) is 15.9 Å². The monoisotopic (exact) mass is 293 g/mol. The van der Waals surface area contributed by atoms with Gasteiger partial charge in [-0.15, -0.1) is 0 Å². The highest BCUT2D eigenvalue weighted by molar-refractivity contribution is 9.10. The lowest BCUT2D eigenvalue weighted by molar-refractivity contribution is 0.900. The van der Waals surface area contributed by atoms with Crippen molar-refractivity contribution in [2.45, 2.75) is 25.0 Å². The van der Waals surface area contributed by atoms with E-state index in [0.29, 0.717) is 0 Å². The minimum atomic E-state index is 0.803. The summed E-state index contributed by atoms with van der Waals surface area (Å²) < 4.78 is 1.11. The van der Waals surface area contributed by atoms with Crippen LogP contribution >= 0.6 is 28.6 Å². The molecule has 1 aromatic carbocycles.